The molecule has 0 spiro atoms. The van der Waals surface area contributed by atoms with Crippen molar-refractivity contribution >= 4 is 11.6 Å². The van der Waals surface area contributed by atoms with E-state index in [1.54, 1.807) is 6.20 Å². The third-order valence-electron chi connectivity index (χ3n) is 2.50. The first-order valence-electron chi connectivity index (χ1n) is 5.60. The lowest BCUT2D eigenvalue weighted by atomic mass is 10.2. The standard InChI is InChI=1S/C14H14ClNO/c1-2-11-4-3-5-13(8-11)17-10-12-6-7-16-14(15)9-12/h3-9H,2,10H2,1H3. The van der Waals surface area contributed by atoms with E-state index in [-0.39, 0.29) is 0 Å². The van der Waals surface area contributed by atoms with Gasteiger partial charge in [-0.15, -0.1) is 0 Å². The molecule has 0 atom stereocenters. The summed E-state index contributed by atoms with van der Waals surface area (Å²) in [6.45, 7) is 2.64. The summed E-state index contributed by atoms with van der Waals surface area (Å²) in [4.78, 5) is 3.93. The van der Waals surface area contributed by atoms with E-state index in [0.29, 0.717) is 11.8 Å². The maximum atomic E-state index is 5.81. The predicted octanol–water partition coefficient (Wildman–Crippen LogP) is 3.88. The number of aryl methyl sites for hydroxylation is 1. The third-order valence-corrected chi connectivity index (χ3v) is 2.71. The van der Waals surface area contributed by atoms with Crippen LogP contribution in [0, 0.1) is 0 Å². The van der Waals surface area contributed by atoms with Gasteiger partial charge in [-0.05, 0) is 41.8 Å². The summed E-state index contributed by atoms with van der Waals surface area (Å²) in [7, 11) is 0. The molecule has 2 rings (SSSR count). The maximum Gasteiger partial charge on any atom is 0.129 e. The minimum atomic E-state index is 0.494. The van der Waals surface area contributed by atoms with Crippen LogP contribution in [0.1, 0.15) is 18.1 Å². The topological polar surface area (TPSA) is 22.1 Å². The van der Waals surface area contributed by atoms with E-state index < -0.39 is 0 Å². The fraction of sp³-hybridized carbons (Fsp3) is 0.214. The van der Waals surface area contributed by atoms with E-state index in [9.17, 15) is 0 Å². The van der Waals surface area contributed by atoms with Crippen molar-refractivity contribution in [3.05, 3.63) is 58.9 Å². The van der Waals surface area contributed by atoms with Crippen LogP contribution < -0.4 is 4.74 Å². The summed E-state index contributed by atoms with van der Waals surface area (Å²) in [6, 6.07) is 11.8. The summed E-state index contributed by atoms with van der Waals surface area (Å²) in [6.07, 6.45) is 2.70. The second kappa shape index (κ2) is 5.69. The number of halogens is 1. The van der Waals surface area contributed by atoms with Crippen molar-refractivity contribution < 1.29 is 4.74 Å². The van der Waals surface area contributed by atoms with Gasteiger partial charge in [0.05, 0.1) is 0 Å². The number of hydrogen-bond acceptors (Lipinski definition) is 2. The average molecular weight is 248 g/mol. The number of aromatic nitrogens is 1. The predicted molar refractivity (Wildman–Crippen MR) is 69.4 cm³/mol. The molecule has 0 N–H and O–H groups in total. The molecule has 0 saturated heterocycles. The lowest BCUT2D eigenvalue weighted by Crippen LogP contribution is -1.96. The molecule has 0 amide bonds. The van der Waals surface area contributed by atoms with Gasteiger partial charge in [-0.2, -0.15) is 0 Å². The smallest absolute Gasteiger partial charge is 0.129 e. The van der Waals surface area contributed by atoms with Crippen LogP contribution in [0.5, 0.6) is 5.75 Å². The fourth-order valence-corrected chi connectivity index (χ4v) is 1.75. The summed E-state index contributed by atoms with van der Waals surface area (Å²) in [5.74, 6) is 0.886. The molecule has 3 heteroatoms. The third kappa shape index (κ3) is 3.46. The summed E-state index contributed by atoms with van der Waals surface area (Å²) >= 11 is 5.81. The molecule has 0 unspecified atom stereocenters. The monoisotopic (exact) mass is 247 g/mol. The zero-order valence-electron chi connectivity index (χ0n) is 9.69. The van der Waals surface area contributed by atoms with Gasteiger partial charge in [0.25, 0.3) is 0 Å². The van der Waals surface area contributed by atoms with Crippen LogP contribution in [0.4, 0.5) is 0 Å². The summed E-state index contributed by atoms with van der Waals surface area (Å²) in [5.41, 5.74) is 2.29. The molecule has 1 aromatic carbocycles. The van der Waals surface area contributed by atoms with Gasteiger partial charge in [-0.25, -0.2) is 4.98 Å². The Kier molecular flexibility index (Phi) is 3.99. The molecule has 0 aliphatic heterocycles. The van der Waals surface area contributed by atoms with Gasteiger partial charge in [-0.3, -0.25) is 0 Å². The highest BCUT2D eigenvalue weighted by Crippen LogP contribution is 2.16. The molecule has 0 fully saturated rings. The Morgan fingerprint density at radius 3 is 2.82 bits per heavy atom. The van der Waals surface area contributed by atoms with E-state index in [1.165, 1.54) is 5.56 Å². The van der Waals surface area contributed by atoms with Gasteiger partial charge in [0.15, 0.2) is 0 Å². The zero-order chi connectivity index (χ0) is 12.1. The Balaban J connectivity index is 2.02. The second-order valence-corrected chi connectivity index (χ2v) is 4.16. The molecule has 0 saturated carbocycles. The Bertz CT molecular complexity index is 499. The number of rotatable bonds is 4. The minimum Gasteiger partial charge on any atom is -0.489 e. The second-order valence-electron chi connectivity index (χ2n) is 3.78. The Hall–Kier alpha value is -1.54. The van der Waals surface area contributed by atoms with E-state index in [4.69, 9.17) is 16.3 Å². The van der Waals surface area contributed by atoms with Gasteiger partial charge in [0.2, 0.25) is 0 Å². The van der Waals surface area contributed by atoms with Crippen LogP contribution in [0.2, 0.25) is 5.15 Å². The van der Waals surface area contributed by atoms with E-state index in [0.717, 1.165) is 17.7 Å². The van der Waals surface area contributed by atoms with Gasteiger partial charge in [0, 0.05) is 6.20 Å². The SMILES string of the molecule is CCc1cccc(OCc2ccnc(Cl)c2)c1. The van der Waals surface area contributed by atoms with Crippen molar-refractivity contribution in [1.82, 2.24) is 4.98 Å². The molecule has 2 nitrogen and oxygen atoms in total. The lowest BCUT2D eigenvalue weighted by Gasteiger charge is -2.07. The Labute approximate surface area is 106 Å². The first kappa shape index (κ1) is 11.9. The van der Waals surface area contributed by atoms with Crippen LogP contribution in [-0.2, 0) is 13.0 Å². The molecular weight excluding hydrogens is 234 g/mol. The molecule has 1 aromatic heterocycles. The van der Waals surface area contributed by atoms with Gasteiger partial charge in [-0.1, -0.05) is 30.7 Å². The summed E-state index contributed by atoms with van der Waals surface area (Å²) in [5, 5.41) is 0.494. The molecule has 2 aromatic rings. The fourth-order valence-electron chi connectivity index (χ4n) is 1.55. The van der Waals surface area contributed by atoms with Gasteiger partial charge in [0.1, 0.15) is 17.5 Å². The molecule has 0 radical (unpaired) electrons. The zero-order valence-corrected chi connectivity index (χ0v) is 10.4. The molecular formula is C14H14ClNO. The number of hydrogen-bond donors (Lipinski definition) is 0. The van der Waals surface area contributed by atoms with Crippen LogP contribution in [0.15, 0.2) is 42.6 Å². The number of ether oxygens (including phenoxy) is 1. The summed E-state index contributed by atoms with van der Waals surface area (Å²) < 4.78 is 5.70. The van der Waals surface area contributed by atoms with Crippen LogP contribution in [0.25, 0.3) is 0 Å². The molecule has 1 heterocycles. The quantitative estimate of drug-likeness (QED) is 0.765. The van der Waals surface area contributed by atoms with Gasteiger partial charge < -0.3 is 4.74 Å². The maximum absolute atomic E-state index is 5.81. The van der Waals surface area contributed by atoms with Crippen LogP contribution in [-0.4, -0.2) is 4.98 Å². The molecule has 0 aliphatic carbocycles. The number of nitrogens with zero attached hydrogens (tertiary/aromatic N) is 1. The van der Waals surface area contributed by atoms with E-state index in [2.05, 4.69) is 24.0 Å². The van der Waals surface area contributed by atoms with Crippen molar-refractivity contribution in [2.24, 2.45) is 0 Å². The highest BCUT2D eigenvalue weighted by molar-refractivity contribution is 6.29. The van der Waals surface area contributed by atoms with Crippen molar-refractivity contribution in [3.63, 3.8) is 0 Å². The number of pyridine rings is 1. The largest absolute Gasteiger partial charge is 0.489 e. The molecule has 17 heavy (non-hydrogen) atoms. The Morgan fingerprint density at radius 2 is 2.06 bits per heavy atom. The minimum absolute atomic E-state index is 0.494. The highest BCUT2D eigenvalue weighted by Gasteiger charge is 1.98. The van der Waals surface area contributed by atoms with Crippen molar-refractivity contribution in [3.8, 4) is 5.75 Å². The lowest BCUT2D eigenvalue weighted by molar-refractivity contribution is 0.306. The molecule has 0 bridgehead atoms. The highest BCUT2D eigenvalue weighted by atomic mass is 35.5. The van der Waals surface area contributed by atoms with E-state index >= 15 is 0 Å². The van der Waals surface area contributed by atoms with Crippen molar-refractivity contribution in [2.75, 3.05) is 0 Å². The average Bonchev–Trinajstić information content (AvgIpc) is 2.37. The first-order chi connectivity index (χ1) is 8.28. The Morgan fingerprint density at radius 1 is 1.18 bits per heavy atom. The first-order valence-corrected chi connectivity index (χ1v) is 5.98. The van der Waals surface area contributed by atoms with Crippen LogP contribution in [0.3, 0.4) is 0 Å². The molecule has 88 valence electrons. The van der Waals surface area contributed by atoms with Crippen molar-refractivity contribution in [1.29, 1.82) is 0 Å². The van der Waals surface area contributed by atoms with Gasteiger partial charge >= 0.3 is 0 Å². The number of benzene rings is 1. The molecule has 0 aliphatic rings. The van der Waals surface area contributed by atoms with E-state index in [1.807, 2.05) is 24.3 Å². The van der Waals surface area contributed by atoms with Crippen LogP contribution >= 0.6 is 11.6 Å². The van der Waals surface area contributed by atoms with Crippen molar-refractivity contribution in [2.45, 2.75) is 20.0 Å². The normalized spacial score (nSPS) is 10.2.